The number of primary amides is 1. The highest BCUT2D eigenvalue weighted by molar-refractivity contribution is 5.93. The molecule has 0 atom stereocenters. The van der Waals surface area contributed by atoms with Gasteiger partial charge in [-0.3, -0.25) is 4.79 Å². The third kappa shape index (κ3) is 4.82. The Labute approximate surface area is 128 Å². The van der Waals surface area contributed by atoms with Crippen molar-refractivity contribution >= 4 is 23.3 Å². The lowest BCUT2D eigenvalue weighted by atomic mass is 10.2. The summed E-state index contributed by atoms with van der Waals surface area (Å²) in [6.45, 7) is 1.85. The van der Waals surface area contributed by atoms with Crippen LogP contribution in [0.15, 0.2) is 48.5 Å². The molecule has 0 radical (unpaired) electrons. The van der Waals surface area contributed by atoms with E-state index >= 15 is 0 Å². The molecule has 0 fully saturated rings. The highest BCUT2D eigenvalue weighted by atomic mass is 16.5. The summed E-state index contributed by atoms with van der Waals surface area (Å²) in [6, 6.07) is 13.5. The zero-order chi connectivity index (χ0) is 15.9. The van der Waals surface area contributed by atoms with Crippen molar-refractivity contribution in [2.24, 2.45) is 5.73 Å². The fourth-order valence-corrected chi connectivity index (χ4v) is 1.87. The van der Waals surface area contributed by atoms with Crippen LogP contribution in [-0.4, -0.2) is 18.5 Å². The number of urea groups is 1. The molecule has 2 rings (SSSR count). The summed E-state index contributed by atoms with van der Waals surface area (Å²) in [5.74, 6) is 0.344. The molecule has 0 saturated carbocycles. The lowest BCUT2D eigenvalue weighted by Crippen LogP contribution is -2.21. The minimum absolute atomic E-state index is 0.100. The predicted molar refractivity (Wildman–Crippen MR) is 85.0 cm³/mol. The molecule has 0 unspecified atom stereocenters. The number of amides is 3. The molecule has 4 N–H and O–H groups in total. The Morgan fingerprint density at radius 3 is 2.41 bits per heavy atom. The SMILES string of the molecule is Cc1cccc(OCC(=O)Nc2cccc(NC(N)=O)c2)c1. The van der Waals surface area contributed by atoms with E-state index in [2.05, 4.69) is 10.6 Å². The first-order valence-corrected chi connectivity index (χ1v) is 6.69. The molecule has 3 amide bonds. The number of rotatable bonds is 5. The van der Waals surface area contributed by atoms with Crippen LogP contribution in [0.4, 0.5) is 16.2 Å². The van der Waals surface area contributed by atoms with Crippen molar-refractivity contribution < 1.29 is 14.3 Å². The minimum atomic E-state index is -0.661. The van der Waals surface area contributed by atoms with Gasteiger partial charge in [0.1, 0.15) is 5.75 Å². The molecule has 2 aromatic rings. The number of benzene rings is 2. The lowest BCUT2D eigenvalue weighted by molar-refractivity contribution is -0.118. The summed E-state index contributed by atoms with van der Waals surface area (Å²) in [6.07, 6.45) is 0. The van der Waals surface area contributed by atoms with Crippen LogP contribution in [-0.2, 0) is 4.79 Å². The highest BCUT2D eigenvalue weighted by Gasteiger charge is 2.05. The van der Waals surface area contributed by atoms with Gasteiger partial charge in [-0.2, -0.15) is 0 Å². The van der Waals surface area contributed by atoms with E-state index in [-0.39, 0.29) is 12.5 Å². The molecule has 0 aliphatic heterocycles. The van der Waals surface area contributed by atoms with Crippen molar-refractivity contribution in [1.29, 1.82) is 0 Å². The van der Waals surface area contributed by atoms with E-state index in [1.165, 1.54) is 0 Å². The lowest BCUT2D eigenvalue weighted by Gasteiger charge is -2.09. The molecule has 6 heteroatoms. The summed E-state index contributed by atoms with van der Waals surface area (Å²) in [5.41, 5.74) is 7.15. The fraction of sp³-hybridized carbons (Fsp3) is 0.125. The molecule has 0 saturated heterocycles. The summed E-state index contributed by atoms with van der Waals surface area (Å²) in [5, 5.41) is 5.12. The van der Waals surface area contributed by atoms with E-state index in [0.29, 0.717) is 17.1 Å². The van der Waals surface area contributed by atoms with Crippen molar-refractivity contribution in [3.63, 3.8) is 0 Å². The zero-order valence-electron chi connectivity index (χ0n) is 12.1. The van der Waals surface area contributed by atoms with Crippen LogP contribution in [0.2, 0.25) is 0 Å². The molecule has 0 heterocycles. The van der Waals surface area contributed by atoms with Crippen molar-refractivity contribution in [1.82, 2.24) is 0 Å². The van der Waals surface area contributed by atoms with Crippen molar-refractivity contribution in [2.45, 2.75) is 6.92 Å². The van der Waals surface area contributed by atoms with Crippen LogP contribution in [0.5, 0.6) is 5.75 Å². The molecule has 0 aromatic heterocycles. The monoisotopic (exact) mass is 299 g/mol. The van der Waals surface area contributed by atoms with Gasteiger partial charge in [0, 0.05) is 11.4 Å². The second-order valence-electron chi connectivity index (χ2n) is 4.72. The van der Waals surface area contributed by atoms with Gasteiger partial charge in [-0.25, -0.2) is 4.79 Å². The first-order valence-electron chi connectivity index (χ1n) is 6.69. The Morgan fingerprint density at radius 1 is 1.05 bits per heavy atom. The zero-order valence-corrected chi connectivity index (χ0v) is 12.1. The number of nitrogens with one attached hydrogen (secondary N) is 2. The molecule has 0 aliphatic rings. The number of hydrogen-bond acceptors (Lipinski definition) is 3. The van der Waals surface area contributed by atoms with Crippen molar-refractivity contribution in [2.75, 3.05) is 17.2 Å². The number of ether oxygens (including phenoxy) is 1. The Bertz CT molecular complexity index is 686. The molecule has 6 nitrogen and oxygen atoms in total. The van der Waals surface area contributed by atoms with Gasteiger partial charge in [-0.1, -0.05) is 18.2 Å². The van der Waals surface area contributed by atoms with E-state index in [4.69, 9.17) is 10.5 Å². The summed E-state index contributed by atoms with van der Waals surface area (Å²) >= 11 is 0. The fourth-order valence-electron chi connectivity index (χ4n) is 1.87. The van der Waals surface area contributed by atoms with E-state index in [0.717, 1.165) is 5.56 Å². The number of anilines is 2. The van der Waals surface area contributed by atoms with Gasteiger partial charge in [0.15, 0.2) is 6.61 Å². The van der Waals surface area contributed by atoms with Gasteiger partial charge >= 0.3 is 6.03 Å². The molecule has 0 bridgehead atoms. The summed E-state index contributed by atoms with van der Waals surface area (Å²) in [4.78, 5) is 22.6. The van der Waals surface area contributed by atoms with Gasteiger partial charge < -0.3 is 21.1 Å². The van der Waals surface area contributed by atoms with Crippen LogP contribution < -0.4 is 21.1 Å². The Morgan fingerprint density at radius 2 is 1.73 bits per heavy atom. The van der Waals surface area contributed by atoms with E-state index in [1.807, 2.05) is 25.1 Å². The molecule has 2 aromatic carbocycles. The second kappa shape index (κ2) is 7.12. The molecule has 0 spiro atoms. The van der Waals surface area contributed by atoms with Crippen LogP contribution in [0.3, 0.4) is 0 Å². The third-order valence-corrected chi connectivity index (χ3v) is 2.77. The number of hydrogen-bond donors (Lipinski definition) is 3. The van der Waals surface area contributed by atoms with Crippen molar-refractivity contribution in [3.05, 3.63) is 54.1 Å². The third-order valence-electron chi connectivity index (χ3n) is 2.77. The summed E-state index contributed by atoms with van der Waals surface area (Å²) < 4.78 is 5.41. The first kappa shape index (κ1) is 15.4. The average molecular weight is 299 g/mol. The number of carbonyl (C=O) groups excluding carboxylic acids is 2. The quantitative estimate of drug-likeness (QED) is 0.791. The maximum Gasteiger partial charge on any atom is 0.316 e. The molecule has 0 aliphatic carbocycles. The van der Waals surface area contributed by atoms with Crippen molar-refractivity contribution in [3.8, 4) is 5.75 Å². The van der Waals surface area contributed by atoms with Gasteiger partial charge in [0.2, 0.25) is 0 Å². The number of carbonyl (C=O) groups is 2. The number of nitrogens with two attached hydrogens (primary N) is 1. The molecule has 114 valence electrons. The maximum absolute atomic E-state index is 11.9. The normalized spacial score (nSPS) is 9.86. The van der Waals surface area contributed by atoms with Crippen LogP contribution in [0.25, 0.3) is 0 Å². The maximum atomic E-state index is 11.9. The van der Waals surface area contributed by atoms with Gasteiger partial charge in [-0.05, 0) is 42.8 Å². The van der Waals surface area contributed by atoms with Crippen LogP contribution >= 0.6 is 0 Å². The predicted octanol–water partition coefficient (Wildman–Crippen LogP) is 2.50. The molecular weight excluding hydrogens is 282 g/mol. The van der Waals surface area contributed by atoms with Gasteiger partial charge in [0.05, 0.1) is 0 Å². The van der Waals surface area contributed by atoms with Gasteiger partial charge in [0.25, 0.3) is 5.91 Å². The Hall–Kier alpha value is -3.02. The largest absolute Gasteiger partial charge is 0.484 e. The standard InChI is InChI=1S/C16H17N3O3/c1-11-4-2-7-14(8-11)22-10-15(20)18-12-5-3-6-13(9-12)19-16(17)21/h2-9H,10H2,1H3,(H,18,20)(H3,17,19,21). The van der Waals surface area contributed by atoms with E-state index < -0.39 is 6.03 Å². The number of aryl methyl sites for hydroxylation is 1. The smallest absolute Gasteiger partial charge is 0.316 e. The Balaban J connectivity index is 1.90. The average Bonchev–Trinajstić information content (AvgIpc) is 2.45. The molecule has 22 heavy (non-hydrogen) atoms. The van der Waals surface area contributed by atoms with Crippen LogP contribution in [0, 0.1) is 6.92 Å². The molecular formula is C16H17N3O3. The first-order chi connectivity index (χ1) is 10.5. The minimum Gasteiger partial charge on any atom is -0.484 e. The van der Waals surface area contributed by atoms with Gasteiger partial charge in [-0.15, -0.1) is 0 Å². The second-order valence-corrected chi connectivity index (χ2v) is 4.72. The summed E-state index contributed by atoms with van der Waals surface area (Å²) in [7, 11) is 0. The van der Waals surface area contributed by atoms with Crippen LogP contribution in [0.1, 0.15) is 5.56 Å². The van der Waals surface area contributed by atoms with E-state index in [9.17, 15) is 9.59 Å². The topological polar surface area (TPSA) is 93.4 Å². The highest BCUT2D eigenvalue weighted by Crippen LogP contribution is 2.15. The van der Waals surface area contributed by atoms with E-state index in [1.54, 1.807) is 30.3 Å². The Kier molecular flexibility index (Phi) is 4.98.